The van der Waals surface area contributed by atoms with Crippen LogP contribution in [0.25, 0.3) is 17.2 Å². The molecule has 212 valence electrons. The summed E-state index contributed by atoms with van der Waals surface area (Å²) >= 11 is 6.22. The number of alkyl halides is 6. The van der Waals surface area contributed by atoms with E-state index in [2.05, 4.69) is 4.98 Å². The molecule has 1 aliphatic heterocycles. The number of ether oxygens (including phenoxy) is 2. The summed E-state index contributed by atoms with van der Waals surface area (Å²) in [5, 5.41) is 0.415. The van der Waals surface area contributed by atoms with Crippen LogP contribution in [0, 0.1) is 0 Å². The number of rotatable bonds is 6. The van der Waals surface area contributed by atoms with Crippen molar-refractivity contribution in [2.24, 2.45) is 0 Å². The lowest BCUT2D eigenvalue weighted by Gasteiger charge is -2.23. The van der Waals surface area contributed by atoms with Gasteiger partial charge < -0.3 is 9.47 Å². The van der Waals surface area contributed by atoms with Crippen molar-refractivity contribution in [1.82, 2.24) is 9.88 Å². The van der Waals surface area contributed by atoms with Crippen LogP contribution in [-0.2, 0) is 23.6 Å². The molecule has 2 heterocycles. The van der Waals surface area contributed by atoms with Crippen LogP contribution in [-0.4, -0.2) is 29.1 Å². The lowest BCUT2D eigenvalue weighted by atomic mass is 9.97. The molecule has 1 aliphatic rings. The summed E-state index contributed by atoms with van der Waals surface area (Å²) < 4.78 is 91.4. The van der Waals surface area contributed by atoms with E-state index in [0.29, 0.717) is 45.4 Å². The van der Waals surface area contributed by atoms with Crippen molar-refractivity contribution in [2.75, 3.05) is 7.11 Å². The molecule has 0 aliphatic carbocycles. The van der Waals surface area contributed by atoms with Gasteiger partial charge in [0.1, 0.15) is 11.9 Å². The molecule has 0 radical (unpaired) electrons. The lowest BCUT2D eigenvalue weighted by molar-refractivity contribution is -0.143. The van der Waals surface area contributed by atoms with Crippen LogP contribution in [0.15, 0.2) is 54.6 Å². The molecule has 2 aromatic carbocycles. The molecular formula is C28H23ClF6N2O3. The molecule has 0 spiro atoms. The minimum atomic E-state index is -5.04. The van der Waals surface area contributed by atoms with Crippen LogP contribution < -0.4 is 4.74 Å². The van der Waals surface area contributed by atoms with Gasteiger partial charge in [-0.25, -0.2) is 4.79 Å². The van der Waals surface area contributed by atoms with Gasteiger partial charge in [-0.2, -0.15) is 26.3 Å². The van der Waals surface area contributed by atoms with E-state index < -0.39 is 47.3 Å². The second kappa shape index (κ2) is 11.0. The molecule has 0 saturated carbocycles. The Morgan fingerprint density at radius 1 is 1.00 bits per heavy atom. The lowest BCUT2D eigenvalue weighted by Crippen LogP contribution is -2.32. The average molecular weight is 585 g/mol. The molecule has 3 aromatic rings. The van der Waals surface area contributed by atoms with E-state index in [1.165, 1.54) is 18.9 Å². The summed E-state index contributed by atoms with van der Waals surface area (Å²) in [6, 6.07) is 8.71. The van der Waals surface area contributed by atoms with Crippen molar-refractivity contribution in [3.8, 4) is 16.9 Å². The number of halogens is 7. The second-order valence-corrected chi connectivity index (χ2v) is 9.52. The van der Waals surface area contributed by atoms with Gasteiger partial charge in [-0.1, -0.05) is 23.7 Å². The van der Waals surface area contributed by atoms with Crippen molar-refractivity contribution >= 4 is 23.8 Å². The van der Waals surface area contributed by atoms with Gasteiger partial charge in [-0.3, -0.25) is 9.88 Å². The number of aromatic nitrogens is 1. The monoisotopic (exact) mass is 584 g/mol. The summed E-state index contributed by atoms with van der Waals surface area (Å²) in [5.74, 6) is 0.477. The van der Waals surface area contributed by atoms with E-state index in [1.54, 1.807) is 49.4 Å². The minimum absolute atomic E-state index is 0.0318. The first kappa shape index (κ1) is 29.3. The zero-order valence-corrected chi connectivity index (χ0v) is 22.2. The predicted octanol–water partition coefficient (Wildman–Crippen LogP) is 8.56. The summed E-state index contributed by atoms with van der Waals surface area (Å²) in [7, 11) is 1.48. The normalized spacial score (nSPS) is 17.9. The van der Waals surface area contributed by atoms with Crippen LogP contribution >= 0.6 is 11.6 Å². The van der Waals surface area contributed by atoms with E-state index in [1.807, 2.05) is 0 Å². The van der Waals surface area contributed by atoms with Gasteiger partial charge in [-0.15, -0.1) is 0 Å². The highest BCUT2D eigenvalue weighted by Gasteiger charge is 2.43. The number of hydrogen-bond acceptors (Lipinski definition) is 4. The zero-order chi connectivity index (χ0) is 29.4. The molecule has 0 bridgehead atoms. The van der Waals surface area contributed by atoms with Crippen LogP contribution in [0.4, 0.5) is 31.1 Å². The maximum Gasteiger partial charge on any atom is 0.416 e. The molecule has 40 heavy (non-hydrogen) atoms. The number of cyclic esters (lactones) is 1. The number of pyridine rings is 1. The van der Waals surface area contributed by atoms with E-state index in [9.17, 15) is 31.1 Å². The summed E-state index contributed by atoms with van der Waals surface area (Å²) in [6.07, 6.45) is -8.88. The number of carbonyl (C=O) groups is 1. The van der Waals surface area contributed by atoms with Crippen LogP contribution in [0.3, 0.4) is 0 Å². The van der Waals surface area contributed by atoms with Crippen molar-refractivity contribution in [2.45, 2.75) is 44.9 Å². The summed E-state index contributed by atoms with van der Waals surface area (Å²) in [5.41, 5.74) is -1.31. The number of allylic oxidation sites excluding steroid dienone is 1. The fourth-order valence-corrected chi connectivity index (χ4v) is 4.67. The highest BCUT2D eigenvalue weighted by Crippen LogP contribution is 2.42. The Morgan fingerprint density at radius 2 is 1.65 bits per heavy atom. The summed E-state index contributed by atoms with van der Waals surface area (Å²) in [6.45, 7) is 3.13. The standard InChI is InChI=1S/C28H23ClF6N2O3/c1-4-5-20-7-8-21(22-13-19(29)6-9-24(22)39-3)23(36-20)14-37-15(2)25(40-26(37)38)16-10-17(27(30,31)32)12-18(11-16)28(33,34)35/h4-13,15,25H,14H2,1-3H3/b5-4+/t15-,25-/m0/s1. The van der Waals surface area contributed by atoms with Gasteiger partial charge >= 0.3 is 18.4 Å². The number of methoxy groups -OCH3 is 1. The third-order valence-electron chi connectivity index (χ3n) is 6.44. The minimum Gasteiger partial charge on any atom is -0.496 e. The fourth-order valence-electron chi connectivity index (χ4n) is 4.50. The highest BCUT2D eigenvalue weighted by molar-refractivity contribution is 6.31. The average Bonchev–Trinajstić information content (AvgIpc) is 3.16. The topological polar surface area (TPSA) is 51.7 Å². The van der Waals surface area contributed by atoms with Gasteiger partial charge in [0, 0.05) is 16.1 Å². The van der Waals surface area contributed by atoms with Gasteiger partial charge in [0.2, 0.25) is 0 Å². The Morgan fingerprint density at radius 3 is 2.23 bits per heavy atom. The van der Waals surface area contributed by atoms with Gasteiger partial charge in [-0.05, 0) is 68.0 Å². The third-order valence-corrected chi connectivity index (χ3v) is 6.67. The number of amides is 1. The fraction of sp³-hybridized carbons (Fsp3) is 0.286. The Hall–Kier alpha value is -3.73. The number of hydrogen-bond donors (Lipinski definition) is 0. The molecular weight excluding hydrogens is 562 g/mol. The Balaban J connectivity index is 1.76. The van der Waals surface area contributed by atoms with Crippen molar-refractivity contribution in [1.29, 1.82) is 0 Å². The van der Waals surface area contributed by atoms with Crippen LogP contribution in [0.1, 0.15) is 48.0 Å². The Labute approximate surface area is 231 Å². The molecule has 0 N–H and O–H groups in total. The van der Waals surface area contributed by atoms with Crippen molar-refractivity contribution in [3.05, 3.63) is 87.7 Å². The molecule has 12 heteroatoms. The van der Waals surface area contributed by atoms with Gasteiger partial charge in [0.05, 0.1) is 42.2 Å². The molecule has 1 aromatic heterocycles. The Bertz CT molecular complexity index is 1420. The van der Waals surface area contributed by atoms with Crippen molar-refractivity contribution < 1.29 is 40.6 Å². The molecule has 2 atom stereocenters. The Kier molecular flexibility index (Phi) is 8.07. The first-order valence-corrected chi connectivity index (χ1v) is 12.3. The van der Waals surface area contributed by atoms with E-state index in [-0.39, 0.29) is 12.6 Å². The number of carbonyl (C=O) groups excluding carboxylic acids is 1. The SMILES string of the molecule is C/C=C/c1ccc(-c2cc(Cl)ccc2OC)c(CN2C(=O)O[C@H](c3cc(C(F)(F)F)cc(C(F)(F)F)c3)[C@@H]2C)n1. The first-order valence-electron chi connectivity index (χ1n) is 12.0. The van der Waals surface area contributed by atoms with E-state index >= 15 is 0 Å². The second-order valence-electron chi connectivity index (χ2n) is 9.09. The quantitative estimate of drug-likeness (QED) is 0.272. The zero-order valence-electron chi connectivity index (χ0n) is 21.4. The predicted molar refractivity (Wildman–Crippen MR) is 137 cm³/mol. The van der Waals surface area contributed by atoms with E-state index in [0.717, 1.165) is 0 Å². The number of benzene rings is 2. The van der Waals surface area contributed by atoms with Gasteiger partial charge in [0.25, 0.3) is 0 Å². The maximum atomic E-state index is 13.4. The van der Waals surface area contributed by atoms with Crippen LogP contribution in [0.5, 0.6) is 5.75 Å². The third kappa shape index (κ3) is 6.04. The molecule has 4 rings (SSSR count). The molecule has 0 unspecified atom stereocenters. The van der Waals surface area contributed by atoms with Gasteiger partial charge in [0.15, 0.2) is 0 Å². The smallest absolute Gasteiger partial charge is 0.416 e. The first-order chi connectivity index (χ1) is 18.7. The molecule has 1 saturated heterocycles. The molecule has 1 amide bonds. The van der Waals surface area contributed by atoms with E-state index in [4.69, 9.17) is 21.1 Å². The number of nitrogens with zero attached hydrogens (tertiary/aromatic N) is 2. The summed E-state index contributed by atoms with van der Waals surface area (Å²) in [4.78, 5) is 18.8. The highest BCUT2D eigenvalue weighted by atomic mass is 35.5. The van der Waals surface area contributed by atoms with Crippen molar-refractivity contribution in [3.63, 3.8) is 0 Å². The molecule has 5 nitrogen and oxygen atoms in total. The largest absolute Gasteiger partial charge is 0.496 e. The maximum absolute atomic E-state index is 13.4. The van der Waals surface area contributed by atoms with Crippen LogP contribution in [0.2, 0.25) is 5.02 Å². The molecule has 1 fully saturated rings.